The number of carbonyl (C=O) groups is 1. The normalized spacial score (nSPS) is 14.3. The summed E-state index contributed by atoms with van der Waals surface area (Å²) in [5, 5.41) is 19.5. The minimum absolute atomic E-state index is 0.105. The zero-order valence-electron chi connectivity index (χ0n) is 10.1. The quantitative estimate of drug-likeness (QED) is 0.676. The van der Waals surface area contributed by atoms with Crippen LogP contribution in [0, 0.1) is 0 Å². The Labute approximate surface area is 107 Å². The second-order valence-corrected chi connectivity index (χ2v) is 3.91. The standard InChI is InChI=1S/C12H13NO6/c1-2-18-11(16)10(15)9(14)6-3-4-7-8(5-6)19-12(17)13-7/h3-5,9-10,14-15H,2H2,1H3,(H,13,17). The molecule has 19 heavy (non-hydrogen) atoms. The van der Waals surface area contributed by atoms with Crippen molar-refractivity contribution >= 4 is 17.1 Å². The first-order valence-electron chi connectivity index (χ1n) is 5.68. The molecule has 0 amide bonds. The van der Waals surface area contributed by atoms with E-state index < -0.39 is 23.9 Å². The van der Waals surface area contributed by atoms with E-state index in [2.05, 4.69) is 9.72 Å². The number of aliphatic hydroxyl groups excluding tert-OH is 2. The lowest BCUT2D eigenvalue weighted by Crippen LogP contribution is -2.29. The lowest BCUT2D eigenvalue weighted by atomic mass is 10.0. The summed E-state index contributed by atoms with van der Waals surface area (Å²) in [5.41, 5.74) is 0.944. The average molecular weight is 267 g/mol. The van der Waals surface area contributed by atoms with Crippen LogP contribution in [0.1, 0.15) is 18.6 Å². The van der Waals surface area contributed by atoms with Crippen LogP contribution in [-0.2, 0) is 9.53 Å². The number of fused-ring (bicyclic) bond motifs is 1. The molecule has 2 atom stereocenters. The van der Waals surface area contributed by atoms with Crippen molar-refractivity contribution in [1.29, 1.82) is 0 Å². The molecule has 3 N–H and O–H groups in total. The van der Waals surface area contributed by atoms with Crippen molar-refractivity contribution in [2.45, 2.75) is 19.1 Å². The Morgan fingerprint density at radius 2 is 2.21 bits per heavy atom. The Kier molecular flexibility index (Phi) is 3.68. The van der Waals surface area contributed by atoms with E-state index in [-0.39, 0.29) is 17.8 Å². The van der Waals surface area contributed by atoms with Crippen molar-refractivity contribution in [2.75, 3.05) is 6.61 Å². The van der Waals surface area contributed by atoms with Crippen molar-refractivity contribution in [1.82, 2.24) is 4.98 Å². The van der Waals surface area contributed by atoms with Crippen LogP contribution in [0.3, 0.4) is 0 Å². The first-order valence-corrected chi connectivity index (χ1v) is 5.68. The highest BCUT2D eigenvalue weighted by molar-refractivity contribution is 5.76. The molecule has 7 nitrogen and oxygen atoms in total. The zero-order valence-corrected chi connectivity index (χ0v) is 10.1. The Balaban J connectivity index is 2.27. The monoisotopic (exact) mass is 267 g/mol. The van der Waals surface area contributed by atoms with Gasteiger partial charge < -0.3 is 19.4 Å². The van der Waals surface area contributed by atoms with Crippen LogP contribution in [-0.4, -0.2) is 33.9 Å². The second-order valence-electron chi connectivity index (χ2n) is 3.91. The fourth-order valence-electron chi connectivity index (χ4n) is 1.68. The summed E-state index contributed by atoms with van der Waals surface area (Å²) >= 11 is 0. The Morgan fingerprint density at radius 3 is 2.89 bits per heavy atom. The van der Waals surface area contributed by atoms with Gasteiger partial charge in [0.05, 0.1) is 12.1 Å². The zero-order chi connectivity index (χ0) is 14.0. The molecule has 1 aromatic heterocycles. The van der Waals surface area contributed by atoms with Gasteiger partial charge in [-0.25, -0.2) is 9.59 Å². The van der Waals surface area contributed by atoms with Crippen LogP contribution in [0.2, 0.25) is 0 Å². The summed E-state index contributed by atoms with van der Waals surface area (Å²) in [6.07, 6.45) is -3.15. The van der Waals surface area contributed by atoms with Crippen LogP contribution >= 0.6 is 0 Å². The predicted octanol–water partition coefficient (Wildman–Crippen LogP) is 0.0785. The summed E-state index contributed by atoms with van der Waals surface area (Å²) in [6, 6.07) is 4.36. The van der Waals surface area contributed by atoms with Gasteiger partial charge in [0, 0.05) is 0 Å². The number of hydrogen-bond acceptors (Lipinski definition) is 6. The van der Waals surface area contributed by atoms with E-state index in [1.54, 1.807) is 6.92 Å². The fourth-order valence-corrected chi connectivity index (χ4v) is 1.68. The van der Waals surface area contributed by atoms with E-state index in [1.807, 2.05) is 0 Å². The first-order chi connectivity index (χ1) is 9.02. The number of aromatic amines is 1. The van der Waals surface area contributed by atoms with Crippen molar-refractivity contribution in [3.05, 3.63) is 34.3 Å². The number of ether oxygens (including phenoxy) is 1. The summed E-state index contributed by atoms with van der Waals surface area (Å²) < 4.78 is 9.44. The lowest BCUT2D eigenvalue weighted by Gasteiger charge is -2.16. The Morgan fingerprint density at radius 1 is 1.47 bits per heavy atom. The molecule has 0 aliphatic heterocycles. The lowest BCUT2D eigenvalue weighted by molar-refractivity contribution is -0.159. The molecule has 1 aromatic carbocycles. The molecule has 7 heteroatoms. The highest BCUT2D eigenvalue weighted by Gasteiger charge is 2.27. The summed E-state index contributed by atoms with van der Waals surface area (Å²) in [7, 11) is 0. The molecule has 102 valence electrons. The molecule has 0 bridgehead atoms. The van der Waals surface area contributed by atoms with Crippen molar-refractivity contribution < 1.29 is 24.2 Å². The van der Waals surface area contributed by atoms with Crippen LogP contribution in [0.5, 0.6) is 0 Å². The maximum Gasteiger partial charge on any atom is 0.417 e. The third kappa shape index (κ3) is 2.67. The molecule has 0 saturated carbocycles. The van der Waals surface area contributed by atoms with E-state index in [0.717, 1.165) is 0 Å². The van der Waals surface area contributed by atoms with Crippen LogP contribution in [0.25, 0.3) is 11.1 Å². The number of hydrogen-bond donors (Lipinski definition) is 3. The Hall–Kier alpha value is -2.12. The minimum Gasteiger partial charge on any atom is -0.464 e. The number of aromatic nitrogens is 1. The molecule has 2 unspecified atom stereocenters. The maximum absolute atomic E-state index is 11.3. The molecular weight excluding hydrogens is 254 g/mol. The van der Waals surface area contributed by atoms with Gasteiger partial charge in [0.2, 0.25) is 0 Å². The predicted molar refractivity (Wildman–Crippen MR) is 64.4 cm³/mol. The van der Waals surface area contributed by atoms with Gasteiger partial charge in [0.1, 0.15) is 6.10 Å². The number of aliphatic hydroxyl groups is 2. The molecule has 0 aliphatic carbocycles. The molecule has 2 aromatic rings. The van der Waals surface area contributed by atoms with E-state index in [0.29, 0.717) is 5.52 Å². The van der Waals surface area contributed by atoms with Crippen LogP contribution < -0.4 is 5.76 Å². The van der Waals surface area contributed by atoms with Crippen molar-refractivity contribution in [3.63, 3.8) is 0 Å². The van der Waals surface area contributed by atoms with E-state index in [9.17, 15) is 19.8 Å². The Bertz CT molecular complexity index is 643. The van der Waals surface area contributed by atoms with Gasteiger partial charge in [-0.15, -0.1) is 0 Å². The van der Waals surface area contributed by atoms with Gasteiger partial charge in [0.15, 0.2) is 11.7 Å². The highest BCUT2D eigenvalue weighted by atomic mass is 16.5. The van der Waals surface area contributed by atoms with Crippen LogP contribution in [0.15, 0.2) is 27.4 Å². The second kappa shape index (κ2) is 5.25. The third-order valence-corrected chi connectivity index (χ3v) is 2.61. The number of benzene rings is 1. The summed E-state index contributed by atoms with van der Waals surface area (Å²) in [4.78, 5) is 24.7. The van der Waals surface area contributed by atoms with Crippen LogP contribution in [0.4, 0.5) is 0 Å². The first kappa shape index (κ1) is 13.3. The summed E-state index contributed by atoms with van der Waals surface area (Å²) in [5.74, 6) is -1.53. The van der Waals surface area contributed by atoms with Gasteiger partial charge in [-0.3, -0.25) is 4.98 Å². The molecule has 1 heterocycles. The topological polar surface area (TPSA) is 113 Å². The number of carbonyl (C=O) groups excluding carboxylic acids is 1. The SMILES string of the molecule is CCOC(=O)C(O)C(O)c1ccc2[nH]c(=O)oc2c1. The molecule has 0 saturated heterocycles. The fraction of sp³-hybridized carbons (Fsp3) is 0.333. The van der Waals surface area contributed by atoms with Gasteiger partial charge in [0.25, 0.3) is 0 Å². The van der Waals surface area contributed by atoms with E-state index >= 15 is 0 Å². The minimum atomic E-state index is -1.69. The van der Waals surface area contributed by atoms with E-state index in [1.165, 1.54) is 18.2 Å². The molecule has 0 aliphatic rings. The van der Waals surface area contributed by atoms with Gasteiger partial charge in [-0.05, 0) is 24.6 Å². The maximum atomic E-state index is 11.3. The average Bonchev–Trinajstić information content (AvgIpc) is 2.76. The third-order valence-electron chi connectivity index (χ3n) is 2.61. The molecule has 0 fully saturated rings. The van der Waals surface area contributed by atoms with Gasteiger partial charge >= 0.3 is 11.7 Å². The number of H-pyrrole nitrogens is 1. The molecule has 0 spiro atoms. The highest BCUT2D eigenvalue weighted by Crippen LogP contribution is 2.21. The number of esters is 1. The summed E-state index contributed by atoms with van der Waals surface area (Å²) in [6.45, 7) is 1.70. The van der Waals surface area contributed by atoms with Crippen molar-refractivity contribution in [3.8, 4) is 0 Å². The number of rotatable bonds is 4. The molecule has 2 rings (SSSR count). The van der Waals surface area contributed by atoms with E-state index in [4.69, 9.17) is 4.42 Å². The molecule has 0 radical (unpaired) electrons. The smallest absolute Gasteiger partial charge is 0.417 e. The van der Waals surface area contributed by atoms with Gasteiger partial charge in [-0.1, -0.05) is 6.07 Å². The number of oxazole rings is 1. The number of nitrogens with one attached hydrogen (secondary N) is 1. The van der Waals surface area contributed by atoms with Crippen molar-refractivity contribution in [2.24, 2.45) is 0 Å². The largest absolute Gasteiger partial charge is 0.464 e. The molecular formula is C12H13NO6. The van der Waals surface area contributed by atoms with Gasteiger partial charge in [-0.2, -0.15) is 0 Å².